The largest absolute Gasteiger partial charge is 0.481 e. The highest BCUT2D eigenvalue weighted by Crippen LogP contribution is 2.40. The lowest BCUT2D eigenvalue weighted by Crippen LogP contribution is -2.44. The van der Waals surface area contributed by atoms with Gasteiger partial charge < -0.3 is 35.1 Å². The van der Waals surface area contributed by atoms with E-state index in [-0.39, 0.29) is 22.9 Å². The van der Waals surface area contributed by atoms with Gasteiger partial charge in [-0.15, -0.1) is 0 Å². The summed E-state index contributed by atoms with van der Waals surface area (Å²) in [5.74, 6) is 0.185. The average Bonchev–Trinajstić information content (AvgIpc) is 3.13. The third-order valence-electron chi connectivity index (χ3n) is 4.38. The molecule has 3 heterocycles. The van der Waals surface area contributed by atoms with Crippen LogP contribution in [0.15, 0.2) is 11.3 Å². The molecule has 1 saturated heterocycles. The number of nitrogens with two attached hydrogens (primary N) is 1. The van der Waals surface area contributed by atoms with Crippen molar-refractivity contribution in [2.24, 2.45) is 5.11 Å². The second kappa shape index (κ2) is 6.64. The summed E-state index contributed by atoms with van der Waals surface area (Å²) in [5, 5.41) is 41.9. The van der Waals surface area contributed by atoms with Crippen LogP contribution in [0.3, 0.4) is 0 Å². The molecule has 27 heavy (non-hydrogen) atoms. The minimum atomic E-state index is -2.07. The van der Waals surface area contributed by atoms with Gasteiger partial charge in [0.25, 0.3) is 0 Å². The molecule has 0 spiro atoms. The lowest BCUT2D eigenvalue weighted by Gasteiger charge is -2.23. The Hall–Kier alpha value is -2.96. The molecule has 6 N–H and O–H groups in total. The van der Waals surface area contributed by atoms with Crippen molar-refractivity contribution < 1.29 is 24.8 Å². The molecular formula is C14H18N8O5. The molecule has 0 unspecified atom stereocenters. The molecule has 0 radical (unpaired) electrons. The highest BCUT2D eigenvalue weighted by molar-refractivity contribution is 6.08. The molecule has 0 saturated carbocycles. The predicted molar refractivity (Wildman–Crippen MR) is 91.6 cm³/mol. The SMILES string of the molecule is COC(=N)c1cn([C@@H]2O[C@@](CO)(N=[N+]=[N-])[C@@H](O)[C@H]2O)c2nc(C)nc(N)c12. The normalized spacial score (nSPS) is 27.5. The van der Waals surface area contributed by atoms with Gasteiger partial charge in [0.2, 0.25) is 11.6 Å². The summed E-state index contributed by atoms with van der Waals surface area (Å²) < 4.78 is 11.8. The van der Waals surface area contributed by atoms with E-state index < -0.39 is 30.8 Å². The number of nitrogens with one attached hydrogen (secondary N) is 1. The summed E-state index contributed by atoms with van der Waals surface area (Å²) in [6.45, 7) is 0.745. The summed E-state index contributed by atoms with van der Waals surface area (Å²) >= 11 is 0. The first-order valence-corrected chi connectivity index (χ1v) is 7.78. The van der Waals surface area contributed by atoms with Crippen molar-refractivity contribution in [2.45, 2.75) is 31.1 Å². The van der Waals surface area contributed by atoms with Gasteiger partial charge in [0.05, 0.1) is 24.7 Å². The van der Waals surface area contributed by atoms with Crippen molar-refractivity contribution >= 4 is 22.7 Å². The molecule has 0 amide bonds. The van der Waals surface area contributed by atoms with Crippen molar-refractivity contribution in [3.05, 3.63) is 28.0 Å². The number of fused-ring (bicyclic) bond motifs is 1. The number of hydrogen-bond donors (Lipinski definition) is 5. The van der Waals surface area contributed by atoms with Crippen molar-refractivity contribution in [2.75, 3.05) is 19.5 Å². The fraction of sp³-hybridized carbons (Fsp3) is 0.500. The van der Waals surface area contributed by atoms with E-state index in [0.717, 1.165) is 0 Å². The third-order valence-corrected chi connectivity index (χ3v) is 4.38. The number of aliphatic hydroxyl groups excluding tert-OH is 3. The lowest BCUT2D eigenvalue weighted by atomic mass is 10.1. The zero-order valence-electron chi connectivity index (χ0n) is 14.4. The van der Waals surface area contributed by atoms with Crippen LogP contribution in [-0.2, 0) is 9.47 Å². The maximum atomic E-state index is 10.5. The zero-order chi connectivity index (χ0) is 19.9. The van der Waals surface area contributed by atoms with Crippen LogP contribution in [0.1, 0.15) is 17.6 Å². The maximum absolute atomic E-state index is 10.5. The van der Waals surface area contributed by atoms with Crippen LogP contribution in [0, 0.1) is 12.3 Å². The second-order valence-electron chi connectivity index (χ2n) is 5.97. The van der Waals surface area contributed by atoms with E-state index in [1.807, 2.05) is 0 Å². The van der Waals surface area contributed by atoms with E-state index in [2.05, 4.69) is 20.0 Å². The smallest absolute Gasteiger partial charge is 0.215 e. The Bertz CT molecular complexity index is 955. The Labute approximate surface area is 152 Å². The van der Waals surface area contributed by atoms with Crippen LogP contribution in [0.2, 0.25) is 0 Å². The molecule has 0 aromatic carbocycles. The number of aliphatic hydroxyl groups is 3. The molecule has 1 fully saturated rings. The first-order valence-electron chi connectivity index (χ1n) is 7.78. The Balaban J connectivity index is 2.23. The van der Waals surface area contributed by atoms with Gasteiger partial charge in [-0.3, -0.25) is 5.41 Å². The van der Waals surface area contributed by atoms with Crippen LogP contribution < -0.4 is 5.73 Å². The van der Waals surface area contributed by atoms with Gasteiger partial charge in [-0.1, -0.05) is 5.11 Å². The molecule has 0 bridgehead atoms. The summed E-state index contributed by atoms with van der Waals surface area (Å²) in [7, 11) is 1.31. The van der Waals surface area contributed by atoms with Gasteiger partial charge in [-0.05, 0) is 12.5 Å². The van der Waals surface area contributed by atoms with Crippen molar-refractivity contribution in [1.82, 2.24) is 14.5 Å². The first-order chi connectivity index (χ1) is 12.8. The molecule has 1 aliphatic rings. The monoisotopic (exact) mass is 378 g/mol. The number of azide groups is 1. The minimum absolute atomic E-state index is 0.0875. The van der Waals surface area contributed by atoms with Crippen LogP contribution in [0.5, 0.6) is 0 Å². The van der Waals surface area contributed by atoms with Gasteiger partial charge in [-0.2, -0.15) is 0 Å². The first kappa shape index (κ1) is 18.8. The summed E-state index contributed by atoms with van der Waals surface area (Å²) in [4.78, 5) is 10.9. The van der Waals surface area contributed by atoms with E-state index in [0.29, 0.717) is 11.2 Å². The van der Waals surface area contributed by atoms with E-state index in [9.17, 15) is 15.3 Å². The van der Waals surface area contributed by atoms with Gasteiger partial charge in [-0.25, -0.2) is 9.97 Å². The summed E-state index contributed by atoms with van der Waals surface area (Å²) in [5.41, 5.74) is 13.1. The summed E-state index contributed by atoms with van der Waals surface area (Å²) in [6, 6.07) is 0. The number of aryl methyl sites for hydroxylation is 1. The van der Waals surface area contributed by atoms with Crippen molar-refractivity contribution in [1.29, 1.82) is 5.41 Å². The number of rotatable bonds is 4. The standard InChI is InChI=1S/C14H18N8O5/c1-5-18-10(15)7-6(11(16)26-2)3-22(12(7)19-5)13-8(24)9(25)14(4-23,27-13)20-21-17/h3,8-9,13,16,23-25H,4H2,1-2H3,(H2,15,18,19)/t8-,9+,13-,14-/m1/s1. The molecule has 2 aromatic heterocycles. The van der Waals surface area contributed by atoms with Gasteiger partial charge in [0.1, 0.15) is 29.5 Å². The van der Waals surface area contributed by atoms with Crippen molar-refractivity contribution in [3.8, 4) is 0 Å². The molecule has 1 aliphatic heterocycles. The molecule has 2 aromatic rings. The van der Waals surface area contributed by atoms with Crippen LogP contribution in [-0.4, -0.2) is 67.4 Å². The molecular weight excluding hydrogens is 360 g/mol. The molecule has 0 aliphatic carbocycles. The van der Waals surface area contributed by atoms with Crippen molar-refractivity contribution in [3.63, 3.8) is 0 Å². The second-order valence-corrected chi connectivity index (χ2v) is 5.97. The number of aromatic nitrogens is 3. The number of nitrogen functional groups attached to an aromatic ring is 1. The number of nitrogens with zero attached hydrogens (tertiary/aromatic N) is 6. The Morgan fingerprint density at radius 2 is 2.26 bits per heavy atom. The highest BCUT2D eigenvalue weighted by atomic mass is 16.6. The Morgan fingerprint density at radius 3 is 2.85 bits per heavy atom. The number of hydrogen-bond acceptors (Lipinski definition) is 10. The molecule has 144 valence electrons. The topological polar surface area (TPSA) is 208 Å². The number of ether oxygens (including phenoxy) is 2. The van der Waals surface area contributed by atoms with E-state index in [4.69, 9.17) is 26.1 Å². The van der Waals surface area contributed by atoms with E-state index in [1.54, 1.807) is 6.92 Å². The average molecular weight is 378 g/mol. The fourth-order valence-electron chi connectivity index (χ4n) is 3.08. The van der Waals surface area contributed by atoms with E-state index in [1.165, 1.54) is 17.9 Å². The molecule has 3 rings (SSSR count). The fourth-order valence-corrected chi connectivity index (χ4v) is 3.08. The van der Waals surface area contributed by atoms with Crippen LogP contribution in [0.25, 0.3) is 21.5 Å². The maximum Gasteiger partial charge on any atom is 0.215 e. The molecule has 13 nitrogen and oxygen atoms in total. The Kier molecular flexibility index (Phi) is 4.63. The lowest BCUT2D eigenvalue weighted by molar-refractivity contribution is -0.123. The van der Waals surface area contributed by atoms with Gasteiger partial charge >= 0.3 is 0 Å². The van der Waals surface area contributed by atoms with Crippen LogP contribution in [0.4, 0.5) is 5.82 Å². The predicted octanol–water partition coefficient (Wildman–Crippen LogP) is -0.457. The van der Waals surface area contributed by atoms with E-state index >= 15 is 0 Å². The quantitative estimate of drug-likeness (QED) is 0.154. The molecule has 13 heteroatoms. The molecule has 4 atom stereocenters. The highest BCUT2D eigenvalue weighted by Gasteiger charge is 2.55. The Morgan fingerprint density at radius 1 is 1.56 bits per heavy atom. The third kappa shape index (κ3) is 2.74. The van der Waals surface area contributed by atoms with Gasteiger partial charge in [0.15, 0.2) is 6.23 Å². The zero-order valence-corrected chi connectivity index (χ0v) is 14.4. The number of methoxy groups -OCH3 is 1. The van der Waals surface area contributed by atoms with Gasteiger partial charge in [0, 0.05) is 11.1 Å². The number of anilines is 1. The minimum Gasteiger partial charge on any atom is -0.481 e. The van der Waals surface area contributed by atoms with Crippen LogP contribution >= 0.6 is 0 Å². The summed E-state index contributed by atoms with van der Waals surface area (Å²) in [6.07, 6.45) is -3.16.